The second-order valence-corrected chi connectivity index (χ2v) is 20.0. The van der Waals surface area contributed by atoms with Gasteiger partial charge in [0, 0.05) is 57.3 Å². The number of benzene rings is 8. The first-order valence-corrected chi connectivity index (χ1v) is 33.5. The summed E-state index contributed by atoms with van der Waals surface area (Å²) in [5.41, 5.74) is 17.7. The van der Waals surface area contributed by atoms with Gasteiger partial charge in [-0.25, -0.2) is 13.7 Å². The fourth-order valence-electron chi connectivity index (χ4n) is 9.74. The topological polar surface area (TPSA) is 28.4 Å². The van der Waals surface area contributed by atoms with Crippen LogP contribution in [-0.4, -0.2) is 4.98 Å². The van der Waals surface area contributed by atoms with Crippen molar-refractivity contribution in [1.82, 2.24) is 4.98 Å². The molecule has 0 amide bonds. The summed E-state index contributed by atoms with van der Waals surface area (Å²) in [5.74, 6) is 0. The summed E-state index contributed by atoms with van der Waals surface area (Å²) in [5, 5.41) is 7.62. The number of nitrogens with zero attached hydrogens (tertiary/aromatic N) is 5. The van der Waals surface area contributed by atoms with Gasteiger partial charge in [0.15, 0.2) is 17.9 Å². The van der Waals surface area contributed by atoms with Gasteiger partial charge in [-0.15, -0.1) is 0 Å². The molecule has 5 heteroatoms. The zero-order chi connectivity index (χ0) is 67.6. The molecule has 0 N–H and O–H groups in total. The molecule has 4 aromatic heterocycles. The van der Waals surface area contributed by atoms with Crippen molar-refractivity contribution in [3.05, 3.63) is 259 Å². The number of hydrogen-bond acceptors (Lipinski definition) is 1. The van der Waals surface area contributed by atoms with E-state index in [1.54, 1.807) is 0 Å². The van der Waals surface area contributed by atoms with Crippen molar-refractivity contribution < 1.29 is 18.3 Å². The van der Waals surface area contributed by atoms with E-state index in [9.17, 15) is 0 Å². The highest BCUT2D eigenvalue weighted by Crippen LogP contribution is 2.29. The Morgan fingerprint density at radius 3 is 1.17 bits per heavy atom. The lowest BCUT2D eigenvalue weighted by molar-refractivity contribution is -0.662. The summed E-state index contributed by atoms with van der Waals surface area (Å²) >= 11 is 0. The molecular formula is C85H115N5+4. The maximum atomic E-state index is 4.46. The molecule has 0 saturated carbocycles. The van der Waals surface area contributed by atoms with Crippen LogP contribution < -0.4 is 18.3 Å². The monoisotopic (exact) mass is 1210 g/mol. The van der Waals surface area contributed by atoms with Gasteiger partial charge in [-0.05, 0) is 120 Å². The summed E-state index contributed by atoms with van der Waals surface area (Å²) in [4.78, 5) is 4.46. The van der Waals surface area contributed by atoms with Gasteiger partial charge in [-0.1, -0.05) is 263 Å². The van der Waals surface area contributed by atoms with Gasteiger partial charge < -0.3 is 0 Å². The number of hydrogen-bond donors (Lipinski definition) is 0. The molecule has 0 aliphatic carbocycles. The normalized spacial score (nSPS) is 9.42. The third-order valence-corrected chi connectivity index (χ3v) is 13.7. The lowest BCUT2D eigenvalue weighted by atomic mass is 10.00. The number of aromatic nitrogens is 5. The van der Waals surface area contributed by atoms with E-state index in [-0.39, 0.29) is 0 Å². The van der Waals surface area contributed by atoms with E-state index < -0.39 is 0 Å². The molecule has 0 aliphatic rings. The summed E-state index contributed by atoms with van der Waals surface area (Å²) in [6, 6.07) is 76.6. The van der Waals surface area contributed by atoms with Crippen LogP contribution in [0.25, 0.3) is 88.4 Å². The quantitative estimate of drug-likeness (QED) is 0.161. The Bertz CT molecular complexity index is 3730. The molecule has 12 aromatic rings. The van der Waals surface area contributed by atoms with Gasteiger partial charge in [0.2, 0.25) is 22.6 Å². The minimum atomic E-state index is 1.04. The Balaban J connectivity index is 0.000000551. The second-order valence-electron chi connectivity index (χ2n) is 20.0. The molecule has 0 aliphatic heterocycles. The molecule has 0 unspecified atom stereocenters. The van der Waals surface area contributed by atoms with Crippen molar-refractivity contribution >= 4 is 43.4 Å². The van der Waals surface area contributed by atoms with Crippen molar-refractivity contribution in [2.24, 2.45) is 28.2 Å². The molecule has 476 valence electrons. The van der Waals surface area contributed by atoms with Crippen LogP contribution in [0, 0.1) is 27.7 Å². The minimum absolute atomic E-state index is 1.04. The van der Waals surface area contributed by atoms with E-state index >= 15 is 0 Å². The molecule has 0 fully saturated rings. The van der Waals surface area contributed by atoms with Gasteiger partial charge in [0.25, 0.3) is 6.33 Å². The Hall–Kier alpha value is -8.67. The number of rotatable bonds is 4. The number of aryl methyl sites for hydroxylation is 8. The van der Waals surface area contributed by atoms with Gasteiger partial charge in [-0.2, -0.15) is 4.57 Å². The molecule has 0 atom stereocenters. The van der Waals surface area contributed by atoms with E-state index in [2.05, 4.69) is 325 Å². The molecule has 4 heterocycles. The lowest BCUT2D eigenvalue weighted by Crippen LogP contribution is -2.32. The molecule has 0 radical (unpaired) electrons. The van der Waals surface area contributed by atoms with E-state index in [0.717, 1.165) is 5.52 Å². The fraction of sp³-hybridized carbons (Fsp3) is 0.306. The van der Waals surface area contributed by atoms with Gasteiger partial charge in [0.05, 0.1) is 17.8 Å². The Labute approximate surface area is 547 Å². The molecule has 90 heavy (non-hydrogen) atoms. The van der Waals surface area contributed by atoms with Crippen LogP contribution in [0.3, 0.4) is 0 Å². The van der Waals surface area contributed by atoms with E-state index in [1.165, 1.54) is 118 Å². The largest absolute Gasteiger partial charge is 0.287 e. The van der Waals surface area contributed by atoms with Crippen molar-refractivity contribution in [1.29, 1.82) is 0 Å². The van der Waals surface area contributed by atoms with Crippen LogP contribution in [0.1, 0.15) is 146 Å². The first-order chi connectivity index (χ1) is 43.9. The molecule has 5 nitrogen and oxygen atoms in total. The van der Waals surface area contributed by atoms with E-state index in [1.807, 2.05) is 103 Å². The Kier molecular flexibility index (Phi) is 40.2. The highest BCUT2D eigenvalue weighted by atomic mass is 15.0. The zero-order valence-corrected chi connectivity index (χ0v) is 60.2. The number of fused-ring (bicyclic) bond motifs is 4. The summed E-state index contributed by atoms with van der Waals surface area (Å²) in [6.45, 7) is 41.1. The van der Waals surface area contributed by atoms with Crippen LogP contribution in [-0.2, 0) is 28.2 Å². The molecule has 0 spiro atoms. The van der Waals surface area contributed by atoms with Crippen LogP contribution in [0.4, 0.5) is 0 Å². The highest BCUT2D eigenvalue weighted by Gasteiger charge is 2.18. The Morgan fingerprint density at radius 2 is 0.678 bits per heavy atom. The first-order valence-electron chi connectivity index (χ1n) is 33.5. The summed E-state index contributed by atoms with van der Waals surface area (Å²) < 4.78 is 8.75. The van der Waals surface area contributed by atoms with Crippen molar-refractivity contribution in [2.45, 2.75) is 151 Å². The summed E-state index contributed by atoms with van der Waals surface area (Å²) in [7, 11) is 8.38. The van der Waals surface area contributed by atoms with Crippen molar-refractivity contribution in [3.8, 4) is 45.0 Å². The molecule has 0 bridgehead atoms. The average Bonchev–Trinajstić information content (AvgIpc) is 1.88. The molecule has 8 aromatic carbocycles. The average molecular weight is 1210 g/mol. The van der Waals surface area contributed by atoms with Crippen molar-refractivity contribution in [2.75, 3.05) is 0 Å². The highest BCUT2D eigenvalue weighted by molar-refractivity contribution is 5.94. The molecule has 0 saturated heterocycles. The SMILES string of the molecule is CC.CC.CC.CC.CC.CC.CCC.CCC.Cc1ccccc1-c1c2ccccc2cc[n+]1C.Cc1ccccc1-c1c2ccccc2nc[n+]1C.Cc1ccccc1-c1cc2ccccc2c[n+]1C.Cc1ccccc1-c1ccc2ccccc2[n+]1C. The second kappa shape index (κ2) is 45.6. The van der Waals surface area contributed by atoms with Gasteiger partial charge >= 0.3 is 0 Å². The summed E-state index contributed by atoms with van der Waals surface area (Å²) in [6.07, 6.45) is 8.70. The lowest BCUT2D eigenvalue weighted by Gasteiger charge is -2.08. The third-order valence-electron chi connectivity index (χ3n) is 13.7. The van der Waals surface area contributed by atoms with Crippen LogP contribution in [0.2, 0.25) is 0 Å². The number of para-hydroxylation sites is 2. The fourth-order valence-corrected chi connectivity index (χ4v) is 9.74. The Morgan fingerprint density at radius 1 is 0.311 bits per heavy atom. The maximum absolute atomic E-state index is 4.46. The van der Waals surface area contributed by atoms with Gasteiger partial charge in [-0.3, -0.25) is 0 Å². The van der Waals surface area contributed by atoms with E-state index in [4.69, 9.17) is 0 Å². The number of pyridine rings is 3. The van der Waals surface area contributed by atoms with Crippen molar-refractivity contribution in [3.63, 3.8) is 0 Å². The minimum Gasteiger partial charge on any atom is -0.232 e. The predicted molar refractivity (Wildman–Crippen MR) is 399 cm³/mol. The predicted octanol–water partition coefficient (Wildman–Crippen LogP) is 22.9. The zero-order valence-electron chi connectivity index (χ0n) is 60.2. The van der Waals surface area contributed by atoms with Gasteiger partial charge in [0.1, 0.15) is 26.8 Å². The van der Waals surface area contributed by atoms with Crippen LogP contribution in [0.5, 0.6) is 0 Å². The third kappa shape index (κ3) is 22.7. The van der Waals surface area contributed by atoms with Crippen LogP contribution >= 0.6 is 0 Å². The smallest absolute Gasteiger partial charge is 0.232 e. The van der Waals surface area contributed by atoms with Crippen LogP contribution in [0.15, 0.2) is 237 Å². The molecular weight excluding hydrogens is 1090 g/mol. The molecule has 12 rings (SSSR count). The maximum Gasteiger partial charge on any atom is 0.287 e. The van der Waals surface area contributed by atoms with E-state index in [0.29, 0.717) is 0 Å². The standard InChI is InChI=1S/3C17H16N.C16H15N2.2C3H8.6C2H6/c1-13-7-3-6-10-16(13)17-11-14-8-4-5-9-15(14)12-18(17)2;1-13-7-3-5-9-15(13)17-16-10-6-4-8-14(16)11-12-18(17)2;1-13-7-3-5-9-15(13)17-12-11-14-8-4-6-10-16(14)18(17)2;1-12-7-3-4-8-13(12)16-14-9-5-6-10-15(14)17-11-18(16)2;2*1-3-2;6*1-2/h3*3-12H,1-2H3;3-11H,1-2H3;2*3H2,1-2H3;6*1-2H3/q4*+1;;;;;;;;. The first kappa shape index (κ1) is 79.3.